The molecule has 2 nitrogen and oxygen atoms in total. The summed E-state index contributed by atoms with van der Waals surface area (Å²) in [7, 11) is 0. The van der Waals surface area contributed by atoms with Gasteiger partial charge in [0.1, 0.15) is 5.82 Å². The van der Waals surface area contributed by atoms with E-state index >= 15 is 0 Å². The summed E-state index contributed by atoms with van der Waals surface area (Å²) < 4.78 is 49.5. The number of primary amides is 1. The van der Waals surface area contributed by atoms with Gasteiger partial charge in [0.25, 0.3) is 0 Å². The summed E-state index contributed by atoms with van der Waals surface area (Å²) in [5.74, 6) is -2.01. The van der Waals surface area contributed by atoms with E-state index in [2.05, 4.69) is 0 Å². The number of hydrogen-bond donors (Lipinski definition) is 1. The maximum absolute atomic E-state index is 13.0. The average Bonchev–Trinajstić information content (AvgIpc) is 2.12. The van der Waals surface area contributed by atoms with Crippen molar-refractivity contribution >= 4 is 5.91 Å². The van der Waals surface area contributed by atoms with Gasteiger partial charge in [-0.05, 0) is 17.7 Å². The summed E-state index contributed by atoms with van der Waals surface area (Å²) in [5.41, 5.74) is 3.69. The third-order valence-electron chi connectivity index (χ3n) is 1.84. The molecular weight excluding hydrogens is 226 g/mol. The zero-order chi connectivity index (χ0) is 12.3. The van der Waals surface area contributed by atoms with E-state index in [-0.39, 0.29) is 12.0 Å². The lowest BCUT2D eigenvalue weighted by Gasteiger charge is -2.08. The molecule has 1 rings (SSSR count). The van der Waals surface area contributed by atoms with Crippen molar-refractivity contribution in [2.24, 2.45) is 5.73 Å². The number of nitrogens with two attached hydrogens (primary N) is 1. The highest BCUT2D eigenvalue weighted by Crippen LogP contribution is 2.31. The molecule has 1 aromatic rings. The fourth-order valence-electron chi connectivity index (χ4n) is 1.11. The van der Waals surface area contributed by atoms with Gasteiger partial charge in [-0.2, -0.15) is 13.2 Å². The van der Waals surface area contributed by atoms with Crippen LogP contribution in [0.5, 0.6) is 0 Å². The molecule has 87 valence electrons. The zero-order valence-electron chi connectivity index (χ0n) is 8.01. The first-order chi connectivity index (χ1) is 7.30. The second-order valence-electron chi connectivity index (χ2n) is 3.11. The van der Waals surface area contributed by atoms with E-state index in [4.69, 9.17) is 5.73 Å². The number of hydrogen-bond acceptors (Lipinski definition) is 1. The Morgan fingerprint density at radius 1 is 1.38 bits per heavy atom. The molecule has 1 amide bonds. The molecule has 1 radical (unpaired) electrons. The van der Waals surface area contributed by atoms with Gasteiger partial charge in [-0.25, -0.2) is 4.39 Å². The Hall–Kier alpha value is -1.59. The molecule has 0 fully saturated rings. The molecule has 2 N–H and O–H groups in total. The number of alkyl halides is 3. The van der Waals surface area contributed by atoms with Gasteiger partial charge in [-0.3, -0.25) is 4.79 Å². The number of rotatable bonds is 3. The van der Waals surface area contributed by atoms with E-state index in [9.17, 15) is 22.4 Å². The van der Waals surface area contributed by atoms with Crippen molar-refractivity contribution in [3.8, 4) is 0 Å². The molecule has 0 atom stereocenters. The Morgan fingerprint density at radius 3 is 2.44 bits per heavy atom. The quantitative estimate of drug-likeness (QED) is 0.801. The van der Waals surface area contributed by atoms with Crippen molar-refractivity contribution in [2.75, 3.05) is 0 Å². The SMILES string of the molecule is NC(=O)C[CH]c1ccc(C(F)(F)F)c(F)c1. The van der Waals surface area contributed by atoms with Crippen molar-refractivity contribution in [1.29, 1.82) is 0 Å². The van der Waals surface area contributed by atoms with Crippen LogP contribution in [0, 0.1) is 12.2 Å². The third-order valence-corrected chi connectivity index (χ3v) is 1.84. The van der Waals surface area contributed by atoms with Gasteiger partial charge < -0.3 is 5.73 Å². The first kappa shape index (κ1) is 12.5. The molecule has 0 aliphatic heterocycles. The highest BCUT2D eigenvalue weighted by Gasteiger charge is 2.33. The molecule has 0 saturated carbocycles. The Balaban J connectivity index is 2.87. The van der Waals surface area contributed by atoms with Crippen LogP contribution in [0.25, 0.3) is 0 Å². The van der Waals surface area contributed by atoms with E-state index in [1.165, 1.54) is 6.42 Å². The molecule has 0 spiro atoms. The van der Waals surface area contributed by atoms with E-state index < -0.39 is 23.5 Å². The summed E-state index contributed by atoms with van der Waals surface area (Å²) in [6, 6.07) is 2.42. The second-order valence-corrected chi connectivity index (χ2v) is 3.11. The van der Waals surface area contributed by atoms with Gasteiger partial charge in [-0.1, -0.05) is 6.07 Å². The molecule has 0 aliphatic rings. The standard InChI is InChI=1S/C10H8F4NO/c11-8-5-6(2-4-9(15)16)1-3-7(8)10(12,13)14/h1-3,5H,4H2,(H2,15,16). The van der Waals surface area contributed by atoms with Gasteiger partial charge in [0.05, 0.1) is 5.56 Å². The predicted molar refractivity (Wildman–Crippen MR) is 48.6 cm³/mol. The van der Waals surface area contributed by atoms with Crippen LogP contribution in [0.2, 0.25) is 0 Å². The fraction of sp³-hybridized carbons (Fsp3) is 0.200. The number of halogens is 4. The zero-order valence-corrected chi connectivity index (χ0v) is 8.01. The van der Waals surface area contributed by atoms with Gasteiger partial charge >= 0.3 is 6.18 Å². The molecule has 0 unspecified atom stereocenters. The first-order valence-electron chi connectivity index (χ1n) is 4.29. The van der Waals surface area contributed by atoms with Crippen molar-refractivity contribution in [2.45, 2.75) is 12.6 Å². The van der Waals surface area contributed by atoms with Crippen LogP contribution < -0.4 is 5.73 Å². The maximum Gasteiger partial charge on any atom is 0.419 e. The summed E-state index contributed by atoms with van der Waals surface area (Å²) in [6.45, 7) is 0. The van der Waals surface area contributed by atoms with Crippen molar-refractivity contribution < 1.29 is 22.4 Å². The van der Waals surface area contributed by atoms with Crippen LogP contribution >= 0.6 is 0 Å². The number of amides is 1. The average molecular weight is 234 g/mol. The van der Waals surface area contributed by atoms with Crippen molar-refractivity contribution in [3.05, 3.63) is 41.6 Å². The second kappa shape index (κ2) is 4.51. The molecular formula is C10H8F4NO. The highest BCUT2D eigenvalue weighted by atomic mass is 19.4. The van der Waals surface area contributed by atoms with Gasteiger partial charge in [0, 0.05) is 12.8 Å². The van der Waals surface area contributed by atoms with E-state index in [0.29, 0.717) is 12.1 Å². The van der Waals surface area contributed by atoms with E-state index in [0.717, 1.165) is 6.07 Å². The third kappa shape index (κ3) is 3.22. The summed E-state index contributed by atoms with van der Waals surface area (Å²) in [4.78, 5) is 10.4. The molecule has 0 saturated heterocycles. The van der Waals surface area contributed by atoms with Crippen LogP contribution in [-0.4, -0.2) is 5.91 Å². The molecule has 6 heteroatoms. The molecule has 0 bridgehead atoms. The Morgan fingerprint density at radius 2 is 2.00 bits per heavy atom. The maximum atomic E-state index is 13.0. The normalized spacial score (nSPS) is 11.5. The number of benzene rings is 1. The lowest BCUT2D eigenvalue weighted by atomic mass is 10.1. The van der Waals surface area contributed by atoms with E-state index in [1.54, 1.807) is 0 Å². The highest BCUT2D eigenvalue weighted by molar-refractivity contribution is 5.75. The lowest BCUT2D eigenvalue weighted by Crippen LogP contribution is -2.11. The molecule has 0 aliphatic carbocycles. The predicted octanol–water partition coefficient (Wildman–Crippen LogP) is 2.27. The van der Waals surface area contributed by atoms with Crippen LogP contribution in [0.15, 0.2) is 18.2 Å². The first-order valence-corrected chi connectivity index (χ1v) is 4.29. The fourth-order valence-corrected chi connectivity index (χ4v) is 1.11. The number of carbonyl (C=O) groups is 1. The van der Waals surface area contributed by atoms with Crippen LogP contribution in [0.3, 0.4) is 0 Å². The minimum absolute atomic E-state index is 0.148. The van der Waals surface area contributed by atoms with Crippen molar-refractivity contribution in [3.63, 3.8) is 0 Å². The number of carbonyl (C=O) groups excluding carboxylic acids is 1. The van der Waals surface area contributed by atoms with Crippen LogP contribution in [0.4, 0.5) is 17.6 Å². The summed E-state index contributed by atoms with van der Waals surface area (Å²) in [5, 5.41) is 0. The molecule has 0 heterocycles. The van der Waals surface area contributed by atoms with Crippen LogP contribution in [0.1, 0.15) is 17.5 Å². The van der Waals surface area contributed by atoms with E-state index in [1.807, 2.05) is 0 Å². The smallest absolute Gasteiger partial charge is 0.370 e. The molecule has 0 aromatic heterocycles. The largest absolute Gasteiger partial charge is 0.419 e. The monoisotopic (exact) mass is 234 g/mol. The summed E-state index contributed by atoms with van der Waals surface area (Å²) >= 11 is 0. The molecule has 16 heavy (non-hydrogen) atoms. The van der Waals surface area contributed by atoms with Crippen LogP contribution in [-0.2, 0) is 11.0 Å². The Bertz CT molecular complexity index is 400. The van der Waals surface area contributed by atoms with Crippen molar-refractivity contribution in [1.82, 2.24) is 0 Å². The minimum Gasteiger partial charge on any atom is -0.370 e. The topological polar surface area (TPSA) is 43.1 Å². The Kier molecular flexibility index (Phi) is 3.51. The summed E-state index contributed by atoms with van der Waals surface area (Å²) in [6.07, 6.45) is -3.61. The molecule has 1 aromatic carbocycles. The lowest BCUT2D eigenvalue weighted by molar-refractivity contribution is -0.140. The van der Waals surface area contributed by atoms with Gasteiger partial charge in [-0.15, -0.1) is 0 Å². The minimum atomic E-state index is -4.72. The Labute approximate surface area is 89.1 Å². The van der Waals surface area contributed by atoms with Gasteiger partial charge in [0.15, 0.2) is 0 Å². The van der Waals surface area contributed by atoms with Gasteiger partial charge in [0.2, 0.25) is 5.91 Å².